The molecule has 1 unspecified atom stereocenters. The van der Waals surface area contributed by atoms with Crippen molar-refractivity contribution in [2.75, 3.05) is 27.3 Å². The Bertz CT molecular complexity index is 1530. The predicted octanol–water partition coefficient (Wildman–Crippen LogP) is 3.13. The highest BCUT2D eigenvalue weighted by molar-refractivity contribution is 7.89. The number of hydrogen-bond acceptors (Lipinski definition) is 8. The zero-order chi connectivity index (χ0) is 29.7. The van der Waals surface area contributed by atoms with Crippen molar-refractivity contribution in [2.45, 2.75) is 50.1 Å². The number of methoxy groups -OCH3 is 2. The monoisotopic (exact) mass is 585 g/mol. The topological polar surface area (TPSA) is 144 Å². The molecule has 1 aromatic heterocycles. The van der Waals surface area contributed by atoms with Crippen molar-refractivity contribution in [3.05, 3.63) is 54.3 Å². The number of carbonyl (C=O) groups is 3. The number of ketones is 1. The molecule has 2 atom stereocenters. The van der Waals surface area contributed by atoms with Crippen molar-refractivity contribution in [3.8, 4) is 11.5 Å². The van der Waals surface area contributed by atoms with Gasteiger partial charge in [-0.05, 0) is 61.6 Å². The molecular formula is C29H35N3O8S. The second kappa shape index (κ2) is 12.7. The van der Waals surface area contributed by atoms with Crippen LogP contribution in [0.15, 0.2) is 57.8 Å². The lowest BCUT2D eigenvalue weighted by Crippen LogP contribution is -2.52. The summed E-state index contributed by atoms with van der Waals surface area (Å²) in [7, 11) is -0.969. The molecule has 1 aliphatic heterocycles. The van der Waals surface area contributed by atoms with Crippen LogP contribution < -0.4 is 20.1 Å². The van der Waals surface area contributed by atoms with Crippen molar-refractivity contribution < 1.29 is 36.7 Å². The highest BCUT2D eigenvalue weighted by Crippen LogP contribution is 2.25. The Balaban J connectivity index is 1.45. The smallest absolute Gasteiger partial charge is 0.287 e. The van der Waals surface area contributed by atoms with E-state index in [0.717, 1.165) is 4.31 Å². The molecule has 11 nitrogen and oxygen atoms in total. The molecule has 41 heavy (non-hydrogen) atoms. The third-order valence-electron chi connectivity index (χ3n) is 6.89. The molecule has 12 heteroatoms. The number of carbonyl (C=O) groups excluding carboxylic acids is 3. The Hall–Kier alpha value is -3.90. The van der Waals surface area contributed by atoms with Gasteiger partial charge in [-0.1, -0.05) is 19.9 Å². The fourth-order valence-corrected chi connectivity index (χ4v) is 6.21. The van der Waals surface area contributed by atoms with E-state index in [-0.39, 0.29) is 36.1 Å². The second-order valence-electron chi connectivity index (χ2n) is 10.4. The Morgan fingerprint density at radius 1 is 1.07 bits per heavy atom. The van der Waals surface area contributed by atoms with Crippen molar-refractivity contribution >= 4 is 38.6 Å². The fourth-order valence-electron chi connectivity index (χ4n) is 4.73. The van der Waals surface area contributed by atoms with Gasteiger partial charge in [-0.25, -0.2) is 8.42 Å². The SMILES string of the molecule is COc1cccc(S(=O)(=O)N2CCCC(NC(=O)[C@H](CC(C)C)NC(=O)c3cc4cc(OC)ccc4o3)C(=O)C2)c1. The van der Waals surface area contributed by atoms with Crippen LogP contribution in [0.1, 0.15) is 43.7 Å². The lowest BCUT2D eigenvalue weighted by atomic mass is 10.0. The number of ether oxygens (including phenoxy) is 2. The maximum Gasteiger partial charge on any atom is 0.287 e. The molecule has 0 aliphatic carbocycles. The summed E-state index contributed by atoms with van der Waals surface area (Å²) in [6.45, 7) is 3.57. The maximum absolute atomic E-state index is 13.3. The molecule has 1 saturated heterocycles. The van der Waals surface area contributed by atoms with Gasteiger partial charge in [0.15, 0.2) is 11.5 Å². The van der Waals surface area contributed by atoms with Crippen molar-refractivity contribution in [1.29, 1.82) is 0 Å². The van der Waals surface area contributed by atoms with E-state index in [1.165, 1.54) is 19.2 Å². The van der Waals surface area contributed by atoms with Gasteiger partial charge in [0, 0.05) is 18.0 Å². The zero-order valence-electron chi connectivity index (χ0n) is 23.5. The van der Waals surface area contributed by atoms with Gasteiger partial charge >= 0.3 is 0 Å². The molecule has 4 rings (SSSR count). The van der Waals surface area contributed by atoms with Crippen LogP contribution in [0.4, 0.5) is 0 Å². The first-order chi connectivity index (χ1) is 19.5. The largest absolute Gasteiger partial charge is 0.497 e. The van der Waals surface area contributed by atoms with Gasteiger partial charge in [-0.3, -0.25) is 14.4 Å². The number of amides is 2. The van der Waals surface area contributed by atoms with Gasteiger partial charge in [-0.2, -0.15) is 4.31 Å². The Kier molecular flexibility index (Phi) is 9.34. The molecule has 0 bridgehead atoms. The molecule has 2 amide bonds. The molecule has 3 aromatic rings. The van der Waals surface area contributed by atoms with Crippen molar-refractivity contribution in [1.82, 2.24) is 14.9 Å². The Labute approximate surface area is 239 Å². The summed E-state index contributed by atoms with van der Waals surface area (Å²) in [5.74, 6) is -0.416. The number of Topliss-reactive ketones (excluding diaryl/α,β-unsaturated/α-hetero) is 1. The number of fused-ring (bicyclic) bond motifs is 1. The molecule has 2 aromatic carbocycles. The summed E-state index contributed by atoms with van der Waals surface area (Å²) in [5.41, 5.74) is 0.498. The highest BCUT2D eigenvalue weighted by atomic mass is 32.2. The number of rotatable bonds is 10. The lowest BCUT2D eigenvalue weighted by molar-refractivity contribution is -0.129. The third kappa shape index (κ3) is 7.06. The molecule has 2 heterocycles. The first kappa shape index (κ1) is 30.1. The van der Waals surface area contributed by atoms with E-state index in [0.29, 0.717) is 35.3 Å². The van der Waals surface area contributed by atoms with Gasteiger partial charge in [-0.15, -0.1) is 0 Å². The minimum atomic E-state index is -3.95. The minimum absolute atomic E-state index is 0.0240. The van der Waals surface area contributed by atoms with Crippen LogP contribution in [0.25, 0.3) is 11.0 Å². The maximum atomic E-state index is 13.3. The van der Waals surface area contributed by atoms with Crippen LogP contribution in [0.5, 0.6) is 11.5 Å². The van der Waals surface area contributed by atoms with Crippen LogP contribution in [-0.4, -0.2) is 69.7 Å². The summed E-state index contributed by atoms with van der Waals surface area (Å²) < 4.78 is 43.6. The summed E-state index contributed by atoms with van der Waals surface area (Å²) in [6.07, 6.45) is 0.953. The van der Waals surface area contributed by atoms with E-state index >= 15 is 0 Å². The number of nitrogens with zero attached hydrogens (tertiary/aromatic N) is 1. The van der Waals surface area contributed by atoms with Crippen molar-refractivity contribution in [3.63, 3.8) is 0 Å². The van der Waals surface area contributed by atoms with E-state index in [1.807, 2.05) is 13.8 Å². The normalized spacial score (nSPS) is 17.2. The molecule has 0 saturated carbocycles. The van der Waals surface area contributed by atoms with Crippen LogP contribution in [0.2, 0.25) is 0 Å². The Morgan fingerprint density at radius 3 is 2.51 bits per heavy atom. The number of sulfonamides is 1. The number of nitrogens with one attached hydrogen (secondary N) is 2. The second-order valence-corrected chi connectivity index (χ2v) is 12.3. The molecular weight excluding hydrogens is 550 g/mol. The summed E-state index contributed by atoms with van der Waals surface area (Å²) in [6, 6.07) is 11.0. The first-order valence-corrected chi connectivity index (χ1v) is 14.8. The van der Waals surface area contributed by atoms with Gasteiger partial charge in [0.05, 0.1) is 31.7 Å². The number of furan rings is 1. The fraction of sp³-hybridized carbons (Fsp3) is 0.414. The lowest BCUT2D eigenvalue weighted by Gasteiger charge is -2.23. The van der Waals surface area contributed by atoms with Crippen LogP contribution >= 0.6 is 0 Å². The van der Waals surface area contributed by atoms with Crippen molar-refractivity contribution in [2.24, 2.45) is 5.92 Å². The van der Waals surface area contributed by atoms with Gasteiger partial charge in [0.25, 0.3) is 5.91 Å². The quantitative estimate of drug-likeness (QED) is 0.369. The standard InChI is InChI=1S/C29H35N3O8S/c1-18(2)13-24(31-29(35)27-15-19-14-21(39-4)10-11-26(19)40-27)28(34)30-23-9-6-12-32(17-25(23)33)41(36,37)22-8-5-7-20(16-22)38-3/h5,7-8,10-11,14-16,18,23-24H,6,9,12-13,17H2,1-4H3,(H,30,34)(H,31,35)/t23?,24-/m0/s1. The average Bonchev–Trinajstić information content (AvgIpc) is 3.29. The van der Waals surface area contributed by atoms with Gasteiger partial charge in [0.2, 0.25) is 15.9 Å². The third-order valence-corrected chi connectivity index (χ3v) is 8.73. The summed E-state index contributed by atoms with van der Waals surface area (Å²) in [4.78, 5) is 39.5. The van der Waals surface area contributed by atoms with E-state index in [9.17, 15) is 22.8 Å². The highest BCUT2D eigenvalue weighted by Gasteiger charge is 2.34. The molecule has 1 aliphatic rings. The summed E-state index contributed by atoms with van der Waals surface area (Å²) >= 11 is 0. The van der Waals surface area contributed by atoms with E-state index in [4.69, 9.17) is 13.9 Å². The molecule has 2 N–H and O–H groups in total. The molecule has 220 valence electrons. The zero-order valence-corrected chi connectivity index (χ0v) is 24.3. The molecule has 0 spiro atoms. The van der Waals surface area contributed by atoms with Gasteiger partial charge in [0.1, 0.15) is 23.1 Å². The first-order valence-electron chi connectivity index (χ1n) is 13.4. The van der Waals surface area contributed by atoms with E-state index in [2.05, 4.69) is 10.6 Å². The minimum Gasteiger partial charge on any atom is -0.497 e. The number of hydrogen-bond donors (Lipinski definition) is 2. The van der Waals surface area contributed by atoms with Crippen LogP contribution in [0.3, 0.4) is 0 Å². The molecule has 0 radical (unpaired) electrons. The number of benzene rings is 2. The predicted molar refractivity (Wildman–Crippen MR) is 151 cm³/mol. The van der Waals surface area contributed by atoms with Crippen LogP contribution in [0, 0.1) is 5.92 Å². The van der Waals surface area contributed by atoms with E-state index in [1.54, 1.807) is 43.5 Å². The molecule has 1 fully saturated rings. The van der Waals surface area contributed by atoms with E-state index < -0.39 is 39.7 Å². The average molecular weight is 586 g/mol. The Morgan fingerprint density at radius 2 is 1.80 bits per heavy atom. The summed E-state index contributed by atoms with van der Waals surface area (Å²) in [5, 5.41) is 6.16. The van der Waals surface area contributed by atoms with Gasteiger partial charge < -0.3 is 24.5 Å². The van der Waals surface area contributed by atoms with Crippen LogP contribution in [-0.2, 0) is 19.6 Å².